The maximum Gasteiger partial charge on any atom is 0.289 e. The second-order valence-electron chi connectivity index (χ2n) is 8.14. The highest BCUT2D eigenvalue weighted by atomic mass is 16.2. The molecule has 0 bridgehead atoms. The molecule has 2 amide bonds. The topological polar surface area (TPSA) is 95.1 Å². The van der Waals surface area contributed by atoms with Gasteiger partial charge in [-0.2, -0.15) is 0 Å². The van der Waals surface area contributed by atoms with Crippen molar-refractivity contribution < 1.29 is 9.59 Å². The van der Waals surface area contributed by atoms with Gasteiger partial charge in [0.2, 0.25) is 5.91 Å². The number of piperidine rings is 2. The van der Waals surface area contributed by atoms with Gasteiger partial charge in [0.1, 0.15) is 0 Å². The predicted octanol–water partition coefficient (Wildman–Crippen LogP) is 1.86. The molecule has 0 aromatic carbocycles. The highest BCUT2D eigenvalue weighted by Gasteiger charge is 2.43. The third-order valence-electron chi connectivity index (χ3n) is 5.79. The molecule has 2 aromatic heterocycles. The lowest BCUT2D eigenvalue weighted by molar-refractivity contribution is -0.139. The number of imidazole rings is 1. The molecule has 0 saturated carbocycles. The highest BCUT2D eigenvalue weighted by Crippen LogP contribution is 2.39. The van der Waals surface area contributed by atoms with Crippen LogP contribution in [0, 0.1) is 19.3 Å². The van der Waals surface area contributed by atoms with Crippen LogP contribution < -0.4 is 0 Å². The lowest BCUT2D eigenvalue weighted by atomic mass is 9.73. The van der Waals surface area contributed by atoms with Gasteiger partial charge in [0.05, 0.1) is 24.1 Å². The molecule has 2 aromatic rings. The van der Waals surface area contributed by atoms with Gasteiger partial charge in [0.25, 0.3) is 5.91 Å². The fourth-order valence-electron chi connectivity index (χ4n) is 4.33. The summed E-state index contributed by atoms with van der Waals surface area (Å²) in [7, 11) is 0. The van der Waals surface area contributed by atoms with E-state index in [9.17, 15) is 9.59 Å². The molecule has 4 heterocycles. The molecular weight excluding hydrogens is 356 g/mol. The van der Waals surface area contributed by atoms with E-state index in [2.05, 4.69) is 19.9 Å². The fourth-order valence-corrected chi connectivity index (χ4v) is 4.33. The van der Waals surface area contributed by atoms with Crippen molar-refractivity contribution in [1.29, 1.82) is 0 Å². The summed E-state index contributed by atoms with van der Waals surface area (Å²) in [5.74, 6) is 0.492. The minimum absolute atomic E-state index is 0.0540. The molecule has 1 atom stereocenters. The lowest BCUT2D eigenvalue weighted by Gasteiger charge is -2.48. The Morgan fingerprint density at radius 1 is 1.14 bits per heavy atom. The Kier molecular flexibility index (Phi) is 4.87. The number of amides is 2. The summed E-state index contributed by atoms with van der Waals surface area (Å²) in [4.78, 5) is 45.0. The Bertz CT molecular complexity index is 877. The van der Waals surface area contributed by atoms with Crippen LogP contribution in [-0.2, 0) is 11.3 Å². The van der Waals surface area contributed by atoms with E-state index in [4.69, 9.17) is 0 Å². The van der Waals surface area contributed by atoms with Crippen LogP contribution in [0.3, 0.4) is 0 Å². The van der Waals surface area contributed by atoms with Crippen molar-refractivity contribution in [3.8, 4) is 0 Å². The van der Waals surface area contributed by atoms with Crippen LogP contribution in [0.25, 0.3) is 0 Å². The van der Waals surface area contributed by atoms with Crippen molar-refractivity contribution in [2.75, 3.05) is 19.6 Å². The van der Waals surface area contributed by atoms with E-state index in [1.807, 2.05) is 23.6 Å². The second-order valence-corrected chi connectivity index (χ2v) is 8.14. The average Bonchev–Trinajstić information content (AvgIpc) is 3.13. The maximum atomic E-state index is 12.8. The van der Waals surface area contributed by atoms with Gasteiger partial charge in [0, 0.05) is 49.6 Å². The van der Waals surface area contributed by atoms with Gasteiger partial charge in [0.15, 0.2) is 5.82 Å². The van der Waals surface area contributed by atoms with Gasteiger partial charge in [-0.3, -0.25) is 19.6 Å². The molecule has 8 heteroatoms. The van der Waals surface area contributed by atoms with Crippen LogP contribution >= 0.6 is 0 Å². The predicted molar refractivity (Wildman–Crippen MR) is 102 cm³/mol. The van der Waals surface area contributed by atoms with Crippen molar-refractivity contribution >= 4 is 11.8 Å². The van der Waals surface area contributed by atoms with Gasteiger partial charge in [-0.15, -0.1) is 0 Å². The molecule has 148 valence electrons. The Balaban J connectivity index is 1.47. The number of carbonyl (C=O) groups is 2. The standard InChI is InChI=1S/C20H26N6O2/c1-14-8-22-16(10-21-14)11-26-13-20(6-4-17(26)27)5-3-7-25(12-20)19(28)18-23-9-15(2)24-18/h8-10H,3-7,11-13H2,1-2H3,(H,23,24)/t20-/m0/s1. The highest BCUT2D eigenvalue weighted by molar-refractivity contribution is 5.90. The lowest BCUT2D eigenvalue weighted by Crippen LogP contribution is -2.55. The summed E-state index contributed by atoms with van der Waals surface area (Å²) in [5, 5.41) is 0. The number of hydrogen-bond donors (Lipinski definition) is 1. The fraction of sp³-hybridized carbons (Fsp3) is 0.550. The Hall–Kier alpha value is -2.77. The largest absolute Gasteiger partial charge is 0.338 e. The first kappa shape index (κ1) is 18.6. The van der Waals surface area contributed by atoms with Crippen LogP contribution in [0.2, 0.25) is 0 Å². The molecule has 1 N–H and O–H groups in total. The molecule has 2 fully saturated rings. The van der Waals surface area contributed by atoms with Crippen LogP contribution in [0.1, 0.15) is 53.4 Å². The molecule has 2 aliphatic rings. The van der Waals surface area contributed by atoms with E-state index in [-0.39, 0.29) is 17.2 Å². The molecule has 2 saturated heterocycles. The first-order valence-corrected chi connectivity index (χ1v) is 9.80. The summed E-state index contributed by atoms with van der Waals surface area (Å²) in [6.45, 7) is 6.31. The molecular formula is C20H26N6O2. The van der Waals surface area contributed by atoms with E-state index in [1.165, 1.54) is 0 Å². The van der Waals surface area contributed by atoms with E-state index in [0.717, 1.165) is 42.9 Å². The minimum Gasteiger partial charge on any atom is -0.338 e. The van der Waals surface area contributed by atoms with Crippen LogP contribution in [0.4, 0.5) is 0 Å². The smallest absolute Gasteiger partial charge is 0.289 e. The average molecular weight is 382 g/mol. The summed E-state index contributed by atoms with van der Waals surface area (Å²) >= 11 is 0. The Morgan fingerprint density at radius 3 is 2.71 bits per heavy atom. The SMILES string of the molecule is Cc1cnc(CN2C[C@@]3(CCCN(C(=O)c4ncc(C)[nH]4)C3)CCC2=O)cn1. The molecule has 0 aliphatic carbocycles. The third kappa shape index (κ3) is 3.76. The summed E-state index contributed by atoms with van der Waals surface area (Å²) < 4.78 is 0. The van der Waals surface area contributed by atoms with Gasteiger partial charge >= 0.3 is 0 Å². The molecule has 4 rings (SSSR count). The number of nitrogens with zero attached hydrogens (tertiary/aromatic N) is 5. The van der Waals surface area contributed by atoms with Crippen molar-refractivity contribution in [1.82, 2.24) is 29.7 Å². The first-order valence-electron chi connectivity index (χ1n) is 9.80. The quantitative estimate of drug-likeness (QED) is 0.874. The maximum absolute atomic E-state index is 12.8. The number of aryl methyl sites for hydroxylation is 2. The molecule has 0 unspecified atom stereocenters. The van der Waals surface area contributed by atoms with Crippen molar-refractivity contribution in [2.24, 2.45) is 5.41 Å². The van der Waals surface area contributed by atoms with Gasteiger partial charge < -0.3 is 14.8 Å². The summed E-state index contributed by atoms with van der Waals surface area (Å²) in [5.41, 5.74) is 2.48. The molecule has 2 aliphatic heterocycles. The Labute approximate surface area is 164 Å². The molecule has 8 nitrogen and oxygen atoms in total. The second kappa shape index (κ2) is 7.33. The van der Waals surface area contributed by atoms with Crippen LogP contribution in [-0.4, -0.2) is 61.2 Å². The van der Waals surface area contributed by atoms with Crippen LogP contribution in [0.15, 0.2) is 18.6 Å². The zero-order chi connectivity index (χ0) is 19.7. The van der Waals surface area contributed by atoms with Gasteiger partial charge in [-0.25, -0.2) is 4.98 Å². The zero-order valence-electron chi connectivity index (χ0n) is 16.4. The number of aromatic nitrogens is 4. The van der Waals surface area contributed by atoms with Gasteiger partial charge in [-0.1, -0.05) is 0 Å². The number of H-pyrrole nitrogens is 1. The number of likely N-dealkylation sites (tertiary alicyclic amines) is 2. The third-order valence-corrected chi connectivity index (χ3v) is 5.79. The zero-order valence-corrected chi connectivity index (χ0v) is 16.4. The molecule has 1 spiro atoms. The number of nitrogens with one attached hydrogen (secondary N) is 1. The first-order chi connectivity index (χ1) is 13.4. The van der Waals surface area contributed by atoms with Crippen LogP contribution in [0.5, 0.6) is 0 Å². The Morgan fingerprint density at radius 2 is 2.00 bits per heavy atom. The van der Waals surface area contributed by atoms with E-state index < -0.39 is 0 Å². The van der Waals surface area contributed by atoms with Crippen molar-refractivity contribution in [3.63, 3.8) is 0 Å². The molecule has 0 radical (unpaired) electrons. The molecule has 28 heavy (non-hydrogen) atoms. The number of carbonyl (C=O) groups excluding carboxylic acids is 2. The number of hydrogen-bond acceptors (Lipinski definition) is 5. The monoisotopic (exact) mass is 382 g/mol. The van der Waals surface area contributed by atoms with E-state index in [1.54, 1.807) is 18.6 Å². The summed E-state index contributed by atoms with van der Waals surface area (Å²) in [6.07, 6.45) is 8.45. The van der Waals surface area contributed by atoms with Gasteiger partial charge in [-0.05, 0) is 33.1 Å². The summed E-state index contributed by atoms with van der Waals surface area (Å²) in [6, 6.07) is 0. The number of rotatable bonds is 3. The minimum atomic E-state index is -0.0555. The van der Waals surface area contributed by atoms with E-state index in [0.29, 0.717) is 31.9 Å². The van der Waals surface area contributed by atoms with Crippen molar-refractivity contribution in [2.45, 2.75) is 46.1 Å². The van der Waals surface area contributed by atoms with Crippen molar-refractivity contribution in [3.05, 3.63) is 41.5 Å². The number of aromatic amines is 1. The van der Waals surface area contributed by atoms with E-state index >= 15 is 0 Å². The normalized spacial score (nSPS) is 22.7.